The summed E-state index contributed by atoms with van der Waals surface area (Å²) < 4.78 is 52.4. The van der Waals surface area contributed by atoms with Gasteiger partial charge >= 0.3 is 15.2 Å². The van der Waals surface area contributed by atoms with Crippen LogP contribution >= 0.6 is 15.2 Å². The van der Waals surface area contributed by atoms with Crippen molar-refractivity contribution in [3.05, 3.63) is 55.6 Å². The lowest BCUT2D eigenvalue weighted by Crippen LogP contribution is -2.19. The highest BCUT2D eigenvalue weighted by atomic mass is 31.3. The highest BCUT2D eigenvalue weighted by molar-refractivity contribution is 7.66. The topological polar surface area (TPSA) is 231 Å². The van der Waals surface area contributed by atoms with E-state index in [-0.39, 0.29) is 30.5 Å². The van der Waals surface area contributed by atoms with Crippen LogP contribution in [0.5, 0.6) is 5.75 Å². The maximum Gasteiger partial charge on any atom is 0.411 e. The number of hydrogen-bond acceptors (Lipinski definition) is 14. The van der Waals surface area contributed by atoms with Crippen molar-refractivity contribution in [2.45, 2.75) is 39.1 Å². The number of imidazole rings is 2. The van der Waals surface area contributed by atoms with E-state index in [9.17, 15) is 14.0 Å². The van der Waals surface area contributed by atoms with Gasteiger partial charge in [0.2, 0.25) is 0 Å². The van der Waals surface area contributed by atoms with Gasteiger partial charge in [0.15, 0.2) is 29.3 Å². The summed E-state index contributed by atoms with van der Waals surface area (Å²) in [4.78, 5) is 35.2. The molecule has 5 aromatic rings. The molecule has 228 valence electrons. The number of aromatic nitrogens is 8. The first-order valence-corrected chi connectivity index (χ1v) is 16.4. The van der Waals surface area contributed by atoms with Gasteiger partial charge in [0.25, 0.3) is 0 Å². The van der Waals surface area contributed by atoms with Crippen molar-refractivity contribution < 1.29 is 32.3 Å². The fraction of sp³-hybridized carbons (Fsp3) is 0.333. The summed E-state index contributed by atoms with van der Waals surface area (Å²) in [6.07, 6.45) is 3.12. The normalized spacial score (nSPS) is 16.1. The van der Waals surface area contributed by atoms with Crippen molar-refractivity contribution in [2.24, 2.45) is 0 Å². The first kappa shape index (κ1) is 30.5. The van der Waals surface area contributed by atoms with Gasteiger partial charge in [0, 0.05) is 0 Å². The van der Waals surface area contributed by atoms with Crippen molar-refractivity contribution in [3.8, 4) is 5.75 Å². The van der Waals surface area contributed by atoms with E-state index >= 15 is 0 Å². The molecule has 19 heteroatoms. The van der Waals surface area contributed by atoms with Gasteiger partial charge in [-0.05, 0) is 26.0 Å². The van der Waals surface area contributed by atoms with E-state index in [0.29, 0.717) is 22.3 Å². The van der Waals surface area contributed by atoms with E-state index in [1.807, 2.05) is 0 Å². The Morgan fingerprint density at radius 3 is 1.84 bits per heavy atom. The SMILES string of the molecule is C[C@H](Cn1cnc2c(N)ncnc21)OCP(=O)(O)OP(=O)(CO[C@H](C)Cn1cnc2c(N)ncnc21)Oc1ccccc1. The van der Waals surface area contributed by atoms with Crippen LogP contribution in [0.1, 0.15) is 13.8 Å². The zero-order valence-electron chi connectivity index (χ0n) is 23.2. The molecule has 0 fully saturated rings. The van der Waals surface area contributed by atoms with Gasteiger partial charge in [0.1, 0.15) is 35.8 Å². The molecule has 4 atom stereocenters. The predicted molar refractivity (Wildman–Crippen MR) is 156 cm³/mol. The molecule has 0 amide bonds. The van der Waals surface area contributed by atoms with E-state index < -0.39 is 40.1 Å². The smallest absolute Gasteiger partial charge is 0.411 e. The number of hydrogen-bond donors (Lipinski definition) is 3. The number of nitrogen functional groups attached to an aromatic ring is 2. The Morgan fingerprint density at radius 1 is 0.791 bits per heavy atom. The third kappa shape index (κ3) is 7.51. The van der Waals surface area contributed by atoms with Gasteiger partial charge in [-0.15, -0.1) is 0 Å². The van der Waals surface area contributed by atoms with Gasteiger partial charge in [-0.25, -0.2) is 38.8 Å². The average molecular weight is 633 g/mol. The van der Waals surface area contributed by atoms with Crippen LogP contribution in [0, 0.1) is 0 Å². The monoisotopic (exact) mass is 632 g/mol. The number of fused-ring (bicyclic) bond motifs is 2. The zero-order valence-corrected chi connectivity index (χ0v) is 25.0. The van der Waals surface area contributed by atoms with Crippen molar-refractivity contribution in [3.63, 3.8) is 0 Å². The Labute approximate surface area is 245 Å². The number of nitrogens with two attached hydrogens (primary N) is 2. The van der Waals surface area contributed by atoms with Crippen LogP contribution in [0.2, 0.25) is 0 Å². The summed E-state index contributed by atoms with van der Waals surface area (Å²) in [5.41, 5.74) is 13.5. The van der Waals surface area contributed by atoms with Crippen molar-refractivity contribution >= 4 is 49.2 Å². The summed E-state index contributed by atoms with van der Waals surface area (Å²) in [6, 6.07) is 8.12. The summed E-state index contributed by atoms with van der Waals surface area (Å²) in [5.74, 6) is 0.629. The number of ether oxygens (including phenoxy) is 2. The number of rotatable bonds is 14. The third-order valence-electron chi connectivity index (χ3n) is 6.05. The maximum atomic E-state index is 13.8. The largest absolute Gasteiger partial charge is 0.423 e. The van der Waals surface area contributed by atoms with Crippen LogP contribution in [0.15, 0.2) is 55.6 Å². The molecule has 1 aromatic carbocycles. The second-order valence-corrected chi connectivity index (χ2v) is 13.5. The molecule has 0 aliphatic heterocycles. The highest BCUT2D eigenvalue weighted by Crippen LogP contribution is 2.62. The first-order chi connectivity index (χ1) is 20.5. The van der Waals surface area contributed by atoms with Crippen LogP contribution in [0.25, 0.3) is 22.3 Å². The molecule has 0 aliphatic carbocycles. The van der Waals surface area contributed by atoms with Crippen molar-refractivity contribution in [1.29, 1.82) is 0 Å². The molecule has 0 saturated carbocycles. The second-order valence-electron chi connectivity index (χ2n) is 9.60. The number of anilines is 2. The van der Waals surface area contributed by atoms with Gasteiger partial charge in [0.05, 0.1) is 38.0 Å². The fourth-order valence-electron chi connectivity index (χ4n) is 4.09. The van der Waals surface area contributed by atoms with Crippen molar-refractivity contribution in [1.82, 2.24) is 39.0 Å². The van der Waals surface area contributed by atoms with Gasteiger partial charge < -0.3 is 39.5 Å². The maximum absolute atomic E-state index is 13.8. The van der Waals surface area contributed by atoms with E-state index in [2.05, 4.69) is 29.9 Å². The van der Waals surface area contributed by atoms with Crippen molar-refractivity contribution in [2.75, 3.05) is 24.2 Å². The highest BCUT2D eigenvalue weighted by Gasteiger charge is 2.38. The molecule has 0 spiro atoms. The summed E-state index contributed by atoms with van der Waals surface area (Å²) in [5, 5.41) is 0. The third-order valence-corrected chi connectivity index (χ3v) is 9.49. The van der Waals surface area contributed by atoms with Gasteiger partial charge in [-0.3, -0.25) is 4.57 Å². The molecular formula is C24H30N10O7P2. The predicted octanol–water partition coefficient (Wildman–Crippen LogP) is 3.03. The fourth-order valence-corrected chi connectivity index (χ4v) is 7.53. The molecule has 5 rings (SSSR count). The Hall–Kier alpha value is -3.98. The van der Waals surface area contributed by atoms with Gasteiger partial charge in [-0.2, -0.15) is 0 Å². The van der Waals surface area contributed by atoms with E-state index in [4.69, 9.17) is 29.8 Å². The molecule has 17 nitrogen and oxygen atoms in total. The molecule has 43 heavy (non-hydrogen) atoms. The molecular weight excluding hydrogens is 602 g/mol. The molecule has 0 aliphatic rings. The van der Waals surface area contributed by atoms with Crippen LogP contribution in [-0.2, 0) is 36.0 Å². The Kier molecular flexibility index (Phi) is 9.01. The van der Waals surface area contributed by atoms with E-state index in [0.717, 1.165) is 0 Å². The molecule has 4 aromatic heterocycles. The van der Waals surface area contributed by atoms with E-state index in [1.165, 1.54) is 37.4 Å². The summed E-state index contributed by atoms with van der Waals surface area (Å²) >= 11 is 0. The average Bonchev–Trinajstić information content (AvgIpc) is 3.57. The molecule has 0 saturated heterocycles. The molecule has 0 bridgehead atoms. The summed E-state index contributed by atoms with van der Waals surface area (Å²) in [6.45, 7) is 3.87. The lowest BCUT2D eigenvalue weighted by molar-refractivity contribution is 0.0702. The molecule has 2 unspecified atom stereocenters. The van der Waals surface area contributed by atoms with E-state index in [1.54, 1.807) is 41.2 Å². The minimum atomic E-state index is -4.61. The van der Waals surface area contributed by atoms with Gasteiger partial charge in [-0.1, -0.05) is 18.2 Å². The Balaban J connectivity index is 1.23. The minimum absolute atomic E-state index is 0.164. The quantitative estimate of drug-likeness (QED) is 0.149. The number of benzene rings is 1. The lowest BCUT2D eigenvalue weighted by Gasteiger charge is -2.24. The first-order valence-electron chi connectivity index (χ1n) is 12.9. The Morgan fingerprint density at radius 2 is 1.30 bits per heavy atom. The zero-order chi connectivity index (χ0) is 30.6. The number of para-hydroxylation sites is 1. The Bertz CT molecular complexity index is 1800. The molecule has 5 N–H and O–H groups in total. The second kappa shape index (κ2) is 12.7. The van der Waals surface area contributed by atoms with Crippen LogP contribution in [0.4, 0.5) is 11.6 Å². The molecule has 0 radical (unpaired) electrons. The van der Waals surface area contributed by atoms with Crippen LogP contribution < -0.4 is 16.0 Å². The standard InChI is InChI=1S/C24H30N10O7P2/c1-16(8-33-12-31-19-21(25)27-10-29-23(19)33)38-14-42(35,36)41-43(37,40-18-6-4-3-5-7-18)15-39-17(2)9-34-13-32-20-22(26)28-11-30-24(20)34/h3-7,10-13,16-17H,8-9,14-15H2,1-2H3,(H,35,36)(H2,25,27,29)(H2,26,28,30)/t16-,17-,43?/m1/s1. The number of nitrogens with zero attached hydrogens (tertiary/aromatic N) is 8. The summed E-state index contributed by atoms with van der Waals surface area (Å²) in [7, 11) is -8.96. The molecule has 4 heterocycles. The van der Waals surface area contributed by atoms with Crippen LogP contribution in [0.3, 0.4) is 0 Å². The minimum Gasteiger partial charge on any atom is -0.423 e. The lowest BCUT2D eigenvalue weighted by atomic mass is 10.3. The van der Waals surface area contributed by atoms with Crippen LogP contribution in [-0.4, -0.2) is 68.8 Å².